The second kappa shape index (κ2) is 9.29. The molecule has 0 saturated heterocycles. The number of hydrogen-bond donors (Lipinski definition) is 2. The number of anilines is 1. The molecule has 0 spiro atoms. The van der Waals surface area contributed by atoms with Gasteiger partial charge < -0.3 is 15.6 Å². The Morgan fingerprint density at radius 2 is 1.81 bits per heavy atom. The number of aryl methyl sites for hydroxylation is 1. The van der Waals surface area contributed by atoms with Crippen LogP contribution in [0.15, 0.2) is 46.5 Å². The number of rotatable bonds is 6. The van der Waals surface area contributed by atoms with E-state index in [1.807, 2.05) is 0 Å². The molecule has 0 fully saturated rings. The highest BCUT2D eigenvalue weighted by atomic mass is 19.4. The van der Waals surface area contributed by atoms with Crippen LogP contribution in [-0.2, 0) is 29.4 Å². The molecule has 1 atom stereocenters. The van der Waals surface area contributed by atoms with Gasteiger partial charge in [-0.3, -0.25) is 19.0 Å². The summed E-state index contributed by atoms with van der Waals surface area (Å²) in [5.74, 6) is -2.76. The molecule has 0 unspecified atom stereocenters. The van der Waals surface area contributed by atoms with Crippen molar-refractivity contribution in [3.8, 4) is 11.3 Å². The summed E-state index contributed by atoms with van der Waals surface area (Å²) in [6.07, 6.45) is -1.56. The van der Waals surface area contributed by atoms with Crippen molar-refractivity contribution in [1.82, 2.24) is 33.6 Å². The van der Waals surface area contributed by atoms with Gasteiger partial charge in [0.2, 0.25) is 17.6 Å². The van der Waals surface area contributed by atoms with Crippen LogP contribution in [-0.4, -0.2) is 45.5 Å². The molecule has 0 radical (unpaired) electrons. The summed E-state index contributed by atoms with van der Waals surface area (Å²) >= 11 is 0. The molecular formula is C21H18F3N9O4. The van der Waals surface area contributed by atoms with Crippen molar-refractivity contribution in [1.29, 1.82) is 0 Å². The molecule has 37 heavy (non-hydrogen) atoms. The summed E-state index contributed by atoms with van der Waals surface area (Å²) in [4.78, 5) is 64.6. The van der Waals surface area contributed by atoms with Crippen LogP contribution in [0.25, 0.3) is 22.4 Å². The van der Waals surface area contributed by atoms with E-state index < -0.39 is 47.7 Å². The molecular weight excluding hydrogens is 499 g/mol. The number of carbonyl (C=O) groups is 2. The van der Waals surface area contributed by atoms with E-state index >= 15 is 0 Å². The lowest BCUT2D eigenvalue weighted by Gasteiger charge is -2.15. The highest BCUT2D eigenvalue weighted by Gasteiger charge is 2.34. The van der Waals surface area contributed by atoms with Crippen LogP contribution in [0.3, 0.4) is 0 Å². The van der Waals surface area contributed by atoms with Crippen LogP contribution in [0.4, 0.5) is 19.0 Å². The van der Waals surface area contributed by atoms with Crippen LogP contribution >= 0.6 is 0 Å². The zero-order valence-corrected chi connectivity index (χ0v) is 19.2. The van der Waals surface area contributed by atoms with Crippen molar-refractivity contribution >= 4 is 28.8 Å². The largest absolute Gasteiger partial charge is 0.451 e. The summed E-state index contributed by atoms with van der Waals surface area (Å²) in [7, 11) is 1.35. The quantitative estimate of drug-likeness (QED) is 0.371. The first-order chi connectivity index (χ1) is 17.4. The molecule has 4 aromatic rings. The lowest BCUT2D eigenvalue weighted by atomic mass is 10.2. The van der Waals surface area contributed by atoms with E-state index in [-0.39, 0.29) is 28.2 Å². The number of pyridine rings is 1. The number of alkyl halides is 3. The van der Waals surface area contributed by atoms with Gasteiger partial charge in [-0.15, -0.1) is 0 Å². The van der Waals surface area contributed by atoms with Gasteiger partial charge in [0.15, 0.2) is 11.2 Å². The molecule has 0 aliphatic carbocycles. The van der Waals surface area contributed by atoms with Gasteiger partial charge in [0.1, 0.15) is 18.4 Å². The number of nitrogens with zero attached hydrogens (tertiary/aromatic N) is 7. The van der Waals surface area contributed by atoms with Gasteiger partial charge >= 0.3 is 11.9 Å². The average molecular weight is 517 g/mol. The number of carbonyl (C=O) groups excluding carboxylic acids is 2. The van der Waals surface area contributed by atoms with Crippen LogP contribution < -0.4 is 22.3 Å². The molecule has 0 saturated carbocycles. The predicted octanol–water partition coefficient (Wildman–Crippen LogP) is 0.452. The Morgan fingerprint density at radius 1 is 1.14 bits per heavy atom. The van der Waals surface area contributed by atoms with Crippen LogP contribution in [0.5, 0.6) is 0 Å². The fourth-order valence-corrected chi connectivity index (χ4v) is 3.51. The zero-order chi connectivity index (χ0) is 27.1. The highest BCUT2D eigenvalue weighted by Crippen LogP contribution is 2.27. The average Bonchev–Trinajstić information content (AvgIpc) is 3.30. The van der Waals surface area contributed by atoms with E-state index in [4.69, 9.17) is 5.73 Å². The minimum absolute atomic E-state index is 0.00204. The molecule has 13 nitrogen and oxygen atoms in total. The predicted molar refractivity (Wildman–Crippen MR) is 122 cm³/mol. The summed E-state index contributed by atoms with van der Waals surface area (Å²) < 4.78 is 41.1. The van der Waals surface area contributed by atoms with Crippen molar-refractivity contribution in [2.24, 2.45) is 12.8 Å². The van der Waals surface area contributed by atoms with Gasteiger partial charge in [-0.2, -0.15) is 13.2 Å². The lowest BCUT2D eigenvalue weighted by molar-refractivity contribution is -0.145. The number of nitrogens with two attached hydrogens (primary N) is 1. The maximum atomic E-state index is 13.0. The molecule has 16 heteroatoms. The fraction of sp³-hybridized carbons (Fsp3) is 0.238. The topological polar surface area (TPSA) is 173 Å². The first-order valence-corrected chi connectivity index (χ1v) is 10.5. The van der Waals surface area contributed by atoms with Gasteiger partial charge in [0.05, 0.1) is 12.0 Å². The number of nitrogens with one attached hydrogen (secondary N) is 1. The van der Waals surface area contributed by atoms with E-state index in [1.54, 1.807) is 0 Å². The molecule has 4 heterocycles. The number of imidazole rings is 1. The molecule has 4 aromatic heterocycles. The minimum Gasteiger partial charge on any atom is -0.368 e. The van der Waals surface area contributed by atoms with Crippen molar-refractivity contribution in [2.45, 2.75) is 25.7 Å². The SMILES string of the molecule is C[C@@H](C(=O)Nc1cccc(-c2cnc(C(F)(F)F)nc2)n1)n1cnc2c1c(=O)n(CC(N)=O)c(=O)n2C. The van der Waals surface area contributed by atoms with Crippen molar-refractivity contribution < 1.29 is 22.8 Å². The summed E-state index contributed by atoms with van der Waals surface area (Å²) in [5.41, 5.74) is 3.79. The van der Waals surface area contributed by atoms with Crippen LogP contribution in [0.1, 0.15) is 18.8 Å². The Hall–Kier alpha value is -4.89. The maximum Gasteiger partial charge on any atom is 0.451 e. The van der Waals surface area contributed by atoms with E-state index in [1.165, 1.54) is 43.1 Å². The van der Waals surface area contributed by atoms with Crippen molar-refractivity contribution in [3.05, 3.63) is 63.6 Å². The van der Waals surface area contributed by atoms with E-state index in [0.717, 1.165) is 17.0 Å². The Labute approximate surface area is 204 Å². The summed E-state index contributed by atoms with van der Waals surface area (Å²) in [5, 5.41) is 2.56. The third-order valence-electron chi connectivity index (χ3n) is 5.37. The Balaban J connectivity index is 1.63. The van der Waals surface area contributed by atoms with Gasteiger partial charge in [0, 0.05) is 25.0 Å². The van der Waals surface area contributed by atoms with Gasteiger partial charge in [0.25, 0.3) is 5.56 Å². The fourth-order valence-electron chi connectivity index (χ4n) is 3.51. The molecule has 3 N–H and O–H groups in total. The standard InChI is InChI=1S/C21H18F3N9O4/c1-10(33-9-28-16-15(33)18(36)32(8-13(25)34)20(37)31(16)2)17(35)30-14-5-3-4-12(29-14)11-6-26-19(27-7-11)21(22,23)24/h3-7,9-10H,8H2,1-2H3,(H2,25,34)(H,29,30,35)/t10-/m0/s1. The van der Waals surface area contributed by atoms with E-state index in [0.29, 0.717) is 4.57 Å². The van der Waals surface area contributed by atoms with Gasteiger partial charge in [-0.1, -0.05) is 6.07 Å². The van der Waals surface area contributed by atoms with Crippen LogP contribution in [0.2, 0.25) is 0 Å². The Bertz CT molecular complexity index is 1640. The molecule has 192 valence electrons. The van der Waals surface area contributed by atoms with Gasteiger partial charge in [-0.05, 0) is 19.1 Å². The van der Waals surface area contributed by atoms with Crippen molar-refractivity contribution in [2.75, 3.05) is 5.32 Å². The number of hydrogen-bond acceptors (Lipinski definition) is 8. The number of aromatic nitrogens is 7. The lowest BCUT2D eigenvalue weighted by Crippen LogP contribution is -2.42. The number of halogens is 3. The molecule has 2 amide bonds. The first kappa shape index (κ1) is 25.2. The monoisotopic (exact) mass is 517 g/mol. The number of fused-ring (bicyclic) bond motifs is 1. The number of amides is 2. The number of primary amides is 1. The first-order valence-electron chi connectivity index (χ1n) is 10.5. The van der Waals surface area contributed by atoms with Crippen molar-refractivity contribution in [3.63, 3.8) is 0 Å². The van der Waals surface area contributed by atoms with Gasteiger partial charge in [-0.25, -0.2) is 29.3 Å². The third-order valence-corrected chi connectivity index (χ3v) is 5.37. The maximum absolute atomic E-state index is 13.0. The molecule has 0 aliphatic rings. The van der Waals surface area contributed by atoms with E-state index in [2.05, 4.69) is 25.3 Å². The molecule has 0 aromatic carbocycles. The summed E-state index contributed by atoms with van der Waals surface area (Å²) in [6, 6.07) is 3.44. The van der Waals surface area contributed by atoms with E-state index in [9.17, 15) is 32.3 Å². The van der Waals surface area contributed by atoms with Crippen LogP contribution in [0, 0.1) is 0 Å². The Morgan fingerprint density at radius 3 is 2.43 bits per heavy atom. The highest BCUT2D eigenvalue weighted by molar-refractivity contribution is 5.93. The second-order valence-electron chi connectivity index (χ2n) is 7.89. The smallest absolute Gasteiger partial charge is 0.368 e. The molecule has 4 rings (SSSR count). The molecule has 0 aliphatic heterocycles. The second-order valence-corrected chi connectivity index (χ2v) is 7.89. The third kappa shape index (κ3) is 4.80. The molecule has 0 bridgehead atoms. The normalized spacial score (nSPS) is 12.5. The zero-order valence-electron chi connectivity index (χ0n) is 19.2. The summed E-state index contributed by atoms with van der Waals surface area (Å²) in [6.45, 7) is 0.810. The Kier molecular flexibility index (Phi) is 6.33. The minimum atomic E-state index is -4.69.